The van der Waals surface area contributed by atoms with Crippen molar-refractivity contribution in [3.63, 3.8) is 0 Å². The van der Waals surface area contributed by atoms with Gasteiger partial charge in [0.25, 0.3) is 0 Å². The molecule has 6 heteroatoms. The fourth-order valence-corrected chi connectivity index (χ4v) is 3.88. The summed E-state index contributed by atoms with van der Waals surface area (Å²) in [6.07, 6.45) is 2.25. The van der Waals surface area contributed by atoms with Crippen LogP contribution in [0.1, 0.15) is 31.7 Å². The molecule has 1 aliphatic heterocycles. The second-order valence-electron chi connectivity index (χ2n) is 6.93. The van der Waals surface area contributed by atoms with Crippen molar-refractivity contribution in [2.24, 2.45) is 5.41 Å². The smallest absolute Gasteiger partial charge is 0.229 e. The molecule has 1 N–H and O–H groups in total. The second-order valence-corrected chi connectivity index (χ2v) is 8.41. The van der Waals surface area contributed by atoms with Gasteiger partial charge in [0.1, 0.15) is 10.2 Å². The number of hydrogen-bond donors (Lipinski definition) is 1. The second kappa shape index (κ2) is 5.82. The summed E-state index contributed by atoms with van der Waals surface area (Å²) in [6.45, 7) is 5.11. The van der Waals surface area contributed by atoms with Crippen molar-refractivity contribution < 1.29 is 9.18 Å². The van der Waals surface area contributed by atoms with Crippen LogP contribution in [0.4, 0.5) is 10.1 Å². The Balaban J connectivity index is 1.67. The molecule has 2 fully saturated rings. The molecule has 0 spiro atoms. The number of nitrogens with zero attached hydrogens (tertiary/aromatic N) is 1. The third-order valence-corrected chi connectivity index (χ3v) is 6.06. The maximum Gasteiger partial charge on any atom is 0.229 e. The van der Waals surface area contributed by atoms with Gasteiger partial charge in [0.2, 0.25) is 5.91 Å². The quantitative estimate of drug-likeness (QED) is 0.833. The SMILES string of the molecule is Cc1ccc(F)c(N2CCCC(NC(=O)C3(C)CC3(Cl)Cl)C2)c1. The number of alkyl halides is 2. The highest BCUT2D eigenvalue weighted by molar-refractivity contribution is 6.53. The number of anilines is 1. The number of carbonyl (C=O) groups is 1. The van der Waals surface area contributed by atoms with Gasteiger partial charge in [-0.05, 0) is 50.8 Å². The molecule has 1 heterocycles. The molecule has 1 saturated heterocycles. The zero-order chi connectivity index (χ0) is 16.8. The Bertz CT molecular complexity index is 637. The molecule has 0 aromatic heterocycles. The maximum atomic E-state index is 14.1. The zero-order valence-corrected chi connectivity index (χ0v) is 14.8. The maximum absolute atomic E-state index is 14.1. The first kappa shape index (κ1) is 16.8. The number of rotatable bonds is 3. The van der Waals surface area contributed by atoms with E-state index in [0.717, 1.165) is 24.9 Å². The van der Waals surface area contributed by atoms with Crippen LogP contribution in [-0.2, 0) is 4.79 Å². The number of nitrogens with one attached hydrogen (secondary N) is 1. The molecule has 2 aliphatic rings. The minimum Gasteiger partial charge on any atom is -0.367 e. The van der Waals surface area contributed by atoms with Gasteiger partial charge in [-0.25, -0.2) is 4.39 Å². The van der Waals surface area contributed by atoms with Gasteiger partial charge in [0.05, 0.1) is 11.1 Å². The molecule has 1 amide bonds. The monoisotopic (exact) mass is 358 g/mol. The van der Waals surface area contributed by atoms with E-state index >= 15 is 0 Å². The molecule has 0 radical (unpaired) electrons. The summed E-state index contributed by atoms with van der Waals surface area (Å²) in [5, 5.41) is 3.04. The van der Waals surface area contributed by atoms with E-state index < -0.39 is 9.75 Å². The lowest BCUT2D eigenvalue weighted by atomic mass is 10.0. The van der Waals surface area contributed by atoms with Crippen molar-refractivity contribution >= 4 is 34.8 Å². The van der Waals surface area contributed by atoms with Crippen molar-refractivity contribution in [2.45, 2.75) is 43.5 Å². The Morgan fingerprint density at radius 1 is 1.43 bits per heavy atom. The van der Waals surface area contributed by atoms with Gasteiger partial charge in [-0.2, -0.15) is 0 Å². The highest BCUT2D eigenvalue weighted by Gasteiger charge is 2.68. The van der Waals surface area contributed by atoms with Crippen LogP contribution in [0.3, 0.4) is 0 Å². The molecule has 23 heavy (non-hydrogen) atoms. The van der Waals surface area contributed by atoms with Crippen molar-refractivity contribution in [3.05, 3.63) is 29.6 Å². The standard InChI is InChI=1S/C17H21Cl2FN2O/c1-11-5-6-13(20)14(8-11)22-7-3-4-12(9-22)21-15(23)16(2)10-17(16,18)19/h5-6,8,12H,3-4,7,9-10H2,1-2H3,(H,21,23). The third-order valence-electron chi connectivity index (χ3n) is 4.96. The summed E-state index contributed by atoms with van der Waals surface area (Å²) < 4.78 is 13.1. The van der Waals surface area contributed by atoms with Crippen LogP contribution >= 0.6 is 23.2 Å². The van der Waals surface area contributed by atoms with Gasteiger partial charge < -0.3 is 10.2 Å². The minimum atomic E-state index is -0.964. The number of halogens is 3. The van der Waals surface area contributed by atoms with Crippen LogP contribution in [0.2, 0.25) is 0 Å². The molecule has 2 atom stereocenters. The molecule has 1 aliphatic carbocycles. The largest absolute Gasteiger partial charge is 0.367 e. The van der Waals surface area contributed by atoms with Gasteiger partial charge >= 0.3 is 0 Å². The fourth-order valence-electron chi connectivity index (χ4n) is 3.17. The summed E-state index contributed by atoms with van der Waals surface area (Å²) >= 11 is 12.1. The van der Waals surface area contributed by atoms with Crippen molar-refractivity contribution in [1.82, 2.24) is 5.32 Å². The molecule has 1 saturated carbocycles. The summed E-state index contributed by atoms with van der Waals surface area (Å²) in [6, 6.07) is 5.09. The Kier molecular flexibility index (Phi) is 4.26. The third kappa shape index (κ3) is 3.16. The first-order valence-corrected chi connectivity index (χ1v) is 8.68. The van der Waals surface area contributed by atoms with E-state index in [4.69, 9.17) is 23.2 Å². The van der Waals surface area contributed by atoms with E-state index in [-0.39, 0.29) is 17.8 Å². The summed E-state index contributed by atoms with van der Waals surface area (Å²) in [5.41, 5.74) is 0.908. The molecular weight excluding hydrogens is 338 g/mol. The van der Waals surface area contributed by atoms with E-state index in [9.17, 15) is 9.18 Å². The number of aryl methyl sites for hydroxylation is 1. The number of benzene rings is 1. The molecule has 1 aromatic carbocycles. The van der Waals surface area contributed by atoms with Gasteiger partial charge in [-0.15, -0.1) is 23.2 Å². The highest BCUT2D eigenvalue weighted by atomic mass is 35.5. The van der Waals surface area contributed by atoms with E-state index in [1.165, 1.54) is 6.07 Å². The lowest BCUT2D eigenvalue weighted by molar-refractivity contribution is -0.126. The van der Waals surface area contributed by atoms with E-state index in [1.807, 2.05) is 17.9 Å². The predicted molar refractivity (Wildman–Crippen MR) is 91.7 cm³/mol. The van der Waals surface area contributed by atoms with Crippen LogP contribution in [0, 0.1) is 18.2 Å². The molecule has 2 unspecified atom stereocenters. The van der Waals surface area contributed by atoms with Gasteiger partial charge in [-0.1, -0.05) is 6.07 Å². The average Bonchev–Trinajstić information content (AvgIpc) is 3.02. The number of amides is 1. The predicted octanol–water partition coefficient (Wildman–Crippen LogP) is 3.80. The van der Waals surface area contributed by atoms with E-state index in [0.29, 0.717) is 18.7 Å². The fraction of sp³-hybridized carbons (Fsp3) is 0.588. The lowest BCUT2D eigenvalue weighted by Gasteiger charge is -2.35. The summed E-state index contributed by atoms with van der Waals surface area (Å²) in [5.74, 6) is -0.337. The summed E-state index contributed by atoms with van der Waals surface area (Å²) in [4.78, 5) is 14.4. The molecule has 3 nitrogen and oxygen atoms in total. The summed E-state index contributed by atoms with van der Waals surface area (Å²) in [7, 11) is 0. The first-order chi connectivity index (χ1) is 10.7. The topological polar surface area (TPSA) is 32.3 Å². The number of carbonyl (C=O) groups excluding carboxylic acids is 1. The number of piperidine rings is 1. The normalized spacial score (nSPS) is 29.3. The highest BCUT2D eigenvalue weighted by Crippen LogP contribution is 2.63. The Morgan fingerprint density at radius 2 is 2.13 bits per heavy atom. The minimum absolute atomic E-state index is 0.0160. The Hall–Kier alpha value is -1.000. The Morgan fingerprint density at radius 3 is 2.78 bits per heavy atom. The molecular formula is C17H21Cl2FN2O. The lowest BCUT2D eigenvalue weighted by Crippen LogP contribution is -2.50. The van der Waals surface area contributed by atoms with Gasteiger partial charge in [0.15, 0.2) is 0 Å². The Labute approximate surface area is 146 Å². The van der Waals surface area contributed by atoms with Crippen molar-refractivity contribution in [3.8, 4) is 0 Å². The molecule has 1 aromatic rings. The zero-order valence-electron chi connectivity index (χ0n) is 13.3. The van der Waals surface area contributed by atoms with Crippen LogP contribution in [0.15, 0.2) is 18.2 Å². The first-order valence-electron chi connectivity index (χ1n) is 7.93. The molecule has 3 rings (SSSR count). The molecule has 126 valence electrons. The number of hydrogen-bond acceptors (Lipinski definition) is 2. The van der Waals surface area contributed by atoms with Crippen molar-refractivity contribution in [2.75, 3.05) is 18.0 Å². The van der Waals surface area contributed by atoms with Gasteiger partial charge in [0, 0.05) is 19.1 Å². The van der Waals surface area contributed by atoms with E-state index in [2.05, 4.69) is 5.32 Å². The van der Waals surface area contributed by atoms with Crippen LogP contribution in [0.25, 0.3) is 0 Å². The van der Waals surface area contributed by atoms with Crippen LogP contribution in [0.5, 0.6) is 0 Å². The average molecular weight is 359 g/mol. The van der Waals surface area contributed by atoms with Crippen LogP contribution < -0.4 is 10.2 Å². The van der Waals surface area contributed by atoms with E-state index in [1.54, 1.807) is 13.0 Å². The van der Waals surface area contributed by atoms with Gasteiger partial charge in [-0.3, -0.25) is 4.79 Å². The van der Waals surface area contributed by atoms with Crippen LogP contribution in [-0.4, -0.2) is 29.4 Å². The van der Waals surface area contributed by atoms with Crippen molar-refractivity contribution in [1.29, 1.82) is 0 Å². The molecule has 0 bridgehead atoms.